The summed E-state index contributed by atoms with van der Waals surface area (Å²) in [6.07, 6.45) is 0.552. The highest BCUT2D eigenvalue weighted by molar-refractivity contribution is 5.78. The van der Waals surface area contributed by atoms with Gasteiger partial charge in [-0.05, 0) is 13.8 Å². The van der Waals surface area contributed by atoms with E-state index < -0.39 is 0 Å². The molecule has 0 atom stereocenters. The Labute approximate surface area is 132 Å². The van der Waals surface area contributed by atoms with Crippen LogP contribution in [-0.2, 0) is 24.2 Å². The van der Waals surface area contributed by atoms with Gasteiger partial charge in [0.2, 0.25) is 5.91 Å². The first kappa shape index (κ1) is 16.6. The minimum Gasteiger partial charge on any atom is -0.350 e. The van der Waals surface area contributed by atoms with E-state index in [0.717, 1.165) is 0 Å². The molecule has 23 heavy (non-hydrogen) atoms. The molecule has 3 N–H and O–H groups in total. The van der Waals surface area contributed by atoms with E-state index in [4.69, 9.17) is 0 Å². The van der Waals surface area contributed by atoms with Gasteiger partial charge in [-0.2, -0.15) is 0 Å². The summed E-state index contributed by atoms with van der Waals surface area (Å²) < 4.78 is 0. The number of carbonyl (C=O) groups excluding carboxylic acids is 1. The van der Waals surface area contributed by atoms with E-state index in [9.17, 15) is 14.4 Å². The van der Waals surface area contributed by atoms with Gasteiger partial charge in [0, 0.05) is 23.7 Å². The molecule has 0 aliphatic carbocycles. The van der Waals surface area contributed by atoms with Crippen LogP contribution in [0.2, 0.25) is 0 Å². The van der Waals surface area contributed by atoms with Crippen LogP contribution in [0.1, 0.15) is 35.5 Å². The molecule has 0 aliphatic rings. The molecule has 0 aliphatic heterocycles. The van der Waals surface area contributed by atoms with Crippen molar-refractivity contribution >= 4 is 5.91 Å². The maximum absolute atomic E-state index is 12.0. The third kappa shape index (κ3) is 4.35. The molecule has 122 valence electrons. The number of carbonyl (C=O) groups is 1. The molecule has 8 heteroatoms. The maximum atomic E-state index is 12.0. The van der Waals surface area contributed by atoms with E-state index in [1.807, 2.05) is 6.92 Å². The van der Waals surface area contributed by atoms with E-state index >= 15 is 0 Å². The van der Waals surface area contributed by atoms with Gasteiger partial charge in [0.1, 0.15) is 11.6 Å². The Balaban J connectivity index is 2.05. The molecule has 0 radical (unpaired) electrons. The second-order valence-corrected chi connectivity index (χ2v) is 5.21. The van der Waals surface area contributed by atoms with Crippen LogP contribution >= 0.6 is 0 Å². The smallest absolute Gasteiger partial charge is 0.254 e. The number of H-pyrrole nitrogens is 2. The van der Waals surface area contributed by atoms with Crippen LogP contribution < -0.4 is 16.4 Å². The number of hydrogen-bond acceptors (Lipinski definition) is 5. The minimum absolute atomic E-state index is 0.0691. The molecule has 0 unspecified atom stereocenters. The first-order chi connectivity index (χ1) is 10.9. The topological polar surface area (TPSA) is 121 Å². The van der Waals surface area contributed by atoms with Crippen LogP contribution in [0.15, 0.2) is 15.7 Å². The fourth-order valence-corrected chi connectivity index (χ4v) is 2.19. The molecule has 2 heterocycles. The summed E-state index contributed by atoms with van der Waals surface area (Å²) in [7, 11) is 0. The monoisotopic (exact) mass is 317 g/mol. The Kier molecular flexibility index (Phi) is 5.05. The number of amides is 1. The second-order valence-electron chi connectivity index (χ2n) is 5.21. The SMILES string of the molecule is CCc1nc(C)c(CC(=O)NCc2cc(=O)[nH]c(C)n2)c(=O)[nH]1. The summed E-state index contributed by atoms with van der Waals surface area (Å²) >= 11 is 0. The van der Waals surface area contributed by atoms with Crippen LogP contribution in [0.4, 0.5) is 0 Å². The minimum atomic E-state index is -0.329. The molecular weight excluding hydrogens is 298 g/mol. The average molecular weight is 317 g/mol. The summed E-state index contributed by atoms with van der Waals surface area (Å²) in [5.74, 6) is 0.748. The molecule has 0 bridgehead atoms. The summed E-state index contributed by atoms with van der Waals surface area (Å²) in [6, 6.07) is 1.32. The van der Waals surface area contributed by atoms with Gasteiger partial charge in [-0.3, -0.25) is 14.4 Å². The molecular formula is C15H19N5O3. The van der Waals surface area contributed by atoms with Gasteiger partial charge in [-0.15, -0.1) is 0 Å². The lowest BCUT2D eigenvalue weighted by molar-refractivity contribution is -0.120. The summed E-state index contributed by atoms with van der Waals surface area (Å²) in [5.41, 5.74) is 0.785. The zero-order valence-corrected chi connectivity index (χ0v) is 13.3. The molecule has 2 aromatic rings. The van der Waals surface area contributed by atoms with E-state index in [1.54, 1.807) is 13.8 Å². The van der Waals surface area contributed by atoms with Gasteiger partial charge in [0.15, 0.2) is 0 Å². The Bertz CT molecular complexity index is 838. The van der Waals surface area contributed by atoms with Crippen molar-refractivity contribution in [3.05, 3.63) is 55.4 Å². The van der Waals surface area contributed by atoms with Crippen molar-refractivity contribution in [3.8, 4) is 0 Å². The highest BCUT2D eigenvalue weighted by Gasteiger charge is 2.12. The van der Waals surface area contributed by atoms with Gasteiger partial charge >= 0.3 is 0 Å². The first-order valence-electron chi connectivity index (χ1n) is 7.31. The summed E-state index contributed by atoms with van der Waals surface area (Å²) in [6.45, 7) is 5.39. The molecule has 0 saturated heterocycles. The molecule has 0 fully saturated rings. The lowest BCUT2D eigenvalue weighted by Crippen LogP contribution is -2.30. The predicted octanol–water partition coefficient (Wildman–Crippen LogP) is -0.109. The maximum Gasteiger partial charge on any atom is 0.254 e. The van der Waals surface area contributed by atoms with Crippen molar-refractivity contribution in [2.45, 2.75) is 40.2 Å². The number of aromatic nitrogens is 4. The molecule has 2 aromatic heterocycles. The number of hydrogen-bond donors (Lipinski definition) is 3. The molecule has 0 spiro atoms. The van der Waals surface area contributed by atoms with Gasteiger partial charge in [0.25, 0.3) is 11.1 Å². The Morgan fingerprint density at radius 3 is 2.57 bits per heavy atom. The van der Waals surface area contributed by atoms with Gasteiger partial charge < -0.3 is 15.3 Å². The number of nitrogens with one attached hydrogen (secondary N) is 3. The lowest BCUT2D eigenvalue weighted by Gasteiger charge is -2.07. The quantitative estimate of drug-likeness (QED) is 0.710. The van der Waals surface area contributed by atoms with Crippen molar-refractivity contribution in [2.75, 3.05) is 0 Å². The summed E-state index contributed by atoms with van der Waals surface area (Å²) in [4.78, 5) is 48.9. The molecule has 0 aromatic carbocycles. The third-order valence-corrected chi connectivity index (χ3v) is 3.32. The van der Waals surface area contributed by atoms with Crippen molar-refractivity contribution in [2.24, 2.45) is 0 Å². The van der Waals surface area contributed by atoms with Crippen LogP contribution in [0.3, 0.4) is 0 Å². The Morgan fingerprint density at radius 2 is 1.96 bits per heavy atom. The normalized spacial score (nSPS) is 10.6. The van der Waals surface area contributed by atoms with Crippen LogP contribution in [-0.4, -0.2) is 25.8 Å². The van der Waals surface area contributed by atoms with E-state index in [0.29, 0.717) is 35.0 Å². The lowest BCUT2D eigenvalue weighted by atomic mass is 10.1. The highest BCUT2D eigenvalue weighted by Crippen LogP contribution is 2.01. The van der Waals surface area contributed by atoms with Gasteiger partial charge in [-0.25, -0.2) is 9.97 Å². The number of rotatable bonds is 5. The van der Waals surface area contributed by atoms with Crippen LogP contribution in [0.25, 0.3) is 0 Å². The predicted molar refractivity (Wildman–Crippen MR) is 84.1 cm³/mol. The Morgan fingerprint density at radius 1 is 1.22 bits per heavy atom. The molecule has 1 amide bonds. The third-order valence-electron chi connectivity index (χ3n) is 3.32. The van der Waals surface area contributed by atoms with Crippen molar-refractivity contribution in [1.82, 2.24) is 25.3 Å². The average Bonchev–Trinajstić information content (AvgIpc) is 2.47. The molecule has 2 rings (SSSR count). The Hall–Kier alpha value is -2.77. The van der Waals surface area contributed by atoms with E-state index in [2.05, 4.69) is 25.3 Å². The van der Waals surface area contributed by atoms with Crippen molar-refractivity contribution < 1.29 is 4.79 Å². The highest BCUT2D eigenvalue weighted by atomic mass is 16.2. The zero-order valence-electron chi connectivity index (χ0n) is 13.3. The van der Waals surface area contributed by atoms with Crippen molar-refractivity contribution in [1.29, 1.82) is 0 Å². The zero-order chi connectivity index (χ0) is 17.0. The molecule has 0 saturated carbocycles. The number of aryl methyl sites for hydroxylation is 3. The second kappa shape index (κ2) is 6.99. The van der Waals surface area contributed by atoms with Crippen molar-refractivity contribution in [3.63, 3.8) is 0 Å². The standard InChI is InChI=1S/C15H19N5O3/c1-4-12-17-8(2)11(15(23)20-12)6-13(21)16-7-10-5-14(22)19-9(3)18-10/h5H,4,6-7H2,1-3H3,(H,16,21)(H,17,20,23)(H,18,19,22). The number of aromatic amines is 2. The number of nitrogens with zero attached hydrogens (tertiary/aromatic N) is 2. The molecule has 8 nitrogen and oxygen atoms in total. The van der Waals surface area contributed by atoms with E-state index in [1.165, 1.54) is 6.07 Å². The van der Waals surface area contributed by atoms with Crippen LogP contribution in [0, 0.1) is 13.8 Å². The largest absolute Gasteiger partial charge is 0.350 e. The van der Waals surface area contributed by atoms with Gasteiger partial charge in [0.05, 0.1) is 18.7 Å². The van der Waals surface area contributed by atoms with Crippen LogP contribution in [0.5, 0.6) is 0 Å². The van der Waals surface area contributed by atoms with Gasteiger partial charge in [-0.1, -0.05) is 6.92 Å². The summed E-state index contributed by atoms with van der Waals surface area (Å²) in [5, 5.41) is 2.65. The fourth-order valence-electron chi connectivity index (χ4n) is 2.19. The fraction of sp³-hybridized carbons (Fsp3) is 0.400. The first-order valence-corrected chi connectivity index (χ1v) is 7.31. The van der Waals surface area contributed by atoms with E-state index in [-0.39, 0.29) is 30.0 Å².